The van der Waals surface area contributed by atoms with Gasteiger partial charge in [-0.1, -0.05) is 30.3 Å². The molecule has 1 aromatic carbocycles. The Labute approximate surface area is 151 Å². The summed E-state index contributed by atoms with van der Waals surface area (Å²) in [6, 6.07) is 9.82. The Hall–Kier alpha value is -1.86. The number of fused-ring (bicyclic) bond motifs is 1. The minimum Gasteiger partial charge on any atom is -0.391 e. The summed E-state index contributed by atoms with van der Waals surface area (Å²) >= 11 is 0. The highest BCUT2D eigenvalue weighted by Gasteiger charge is 2.35. The Morgan fingerprint density at radius 2 is 2.04 bits per heavy atom. The Bertz CT molecular complexity index is 715. The maximum atomic E-state index is 12.8. The minimum absolute atomic E-state index is 0.256. The van der Waals surface area contributed by atoms with Crippen LogP contribution in [0.2, 0.25) is 0 Å². The molecule has 0 amide bonds. The first-order valence-corrected chi connectivity index (χ1v) is 8.85. The van der Waals surface area contributed by atoms with Crippen LogP contribution < -0.4 is 0 Å². The van der Waals surface area contributed by atoms with E-state index in [1.807, 2.05) is 37.4 Å². The zero-order chi connectivity index (χ0) is 18.7. The van der Waals surface area contributed by atoms with E-state index in [1.54, 1.807) is 4.57 Å². The van der Waals surface area contributed by atoms with Crippen LogP contribution in [0.25, 0.3) is 0 Å². The van der Waals surface area contributed by atoms with Gasteiger partial charge >= 0.3 is 6.18 Å². The summed E-state index contributed by atoms with van der Waals surface area (Å²) in [4.78, 5) is 5.78. The van der Waals surface area contributed by atoms with Crippen LogP contribution in [0.4, 0.5) is 13.2 Å². The quantitative estimate of drug-likeness (QED) is 0.853. The first-order valence-electron chi connectivity index (χ1n) is 8.85. The van der Waals surface area contributed by atoms with Crippen LogP contribution in [0, 0.1) is 5.92 Å². The van der Waals surface area contributed by atoms with E-state index in [2.05, 4.69) is 9.88 Å². The molecule has 0 aliphatic carbocycles. The van der Waals surface area contributed by atoms with Gasteiger partial charge in [0.1, 0.15) is 5.82 Å². The second-order valence-corrected chi connectivity index (χ2v) is 7.16. The number of alkyl halides is 3. The highest BCUT2D eigenvalue weighted by atomic mass is 19.4. The van der Waals surface area contributed by atoms with E-state index < -0.39 is 18.0 Å². The van der Waals surface area contributed by atoms with E-state index in [1.165, 1.54) is 0 Å². The smallest absolute Gasteiger partial charge is 0.391 e. The molecule has 26 heavy (non-hydrogen) atoms. The Kier molecular flexibility index (Phi) is 5.67. The first-order chi connectivity index (χ1) is 12.3. The summed E-state index contributed by atoms with van der Waals surface area (Å²) < 4.78 is 40.0. The Balaban J connectivity index is 1.51. The van der Waals surface area contributed by atoms with Gasteiger partial charge in [-0.2, -0.15) is 13.2 Å². The number of hydrogen-bond donors (Lipinski definition) is 1. The van der Waals surface area contributed by atoms with E-state index >= 15 is 0 Å². The third-order valence-electron chi connectivity index (χ3n) is 4.79. The number of aryl methyl sites for hydroxylation is 1. The number of nitrogens with zero attached hydrogens (tertiary/aromatic N) is 3. The van der Waals surface area contributed by atoms with Crippen molar-refractivity contribution in [2.75, 3.05) is 20.1 Å². The molecule has 4 nitrogen and oxygen atoms in total. The van der Waals surface area contributed by atoms with Crippen molar-refractivity contribution in [3.05, 3.63) is 53.6 Å². The van der Waals surface area contributed by atoms with E-state index in [9.17, 15) is 18.3 Å². The number of aliphatic hydroxyl groups is 1. The normalized spacial score (nSPS) is 18.8. The van der Waals surface area contributed by atoms with Crippen molar-refractivity contribution >= 4 is 0 Å². The lowest BCUT2D eigenvalue weighted by Gasteiger charge is -2.29. The average Bonchev–Trinajstić information content (AvgIpc) is 2.99. The molecule has 0 spiro atoms. The maximum Gasteiger partial charge on any atom is 0.434 e. The van der Waals surface area contributed by atoms with Gasteiger partial charge in [0.25, 0.3) is 0 Å². The van der Waals surface area contributed by atoms with Crippen LogP contribution in [-0.4, -0.2) is 45.8 Å². The number of likely N-dealkylation sites (N-methyl/N-ethyl adjacent to an activating group) is 1. The molecule has 2 heterocycles. The van der Waals surface area contributed by atoms with Gasteiger partial charge in [-0.05, 0) is 31.4 Å². The van der Waals surface area contributed by atoms with Crippen molar-refractivity contribution in [2.24, 2.45) is 5.92 Å². The number of rotatable bonds is 6. The van der Waals surface area contributed by atoms with E-state index in [0.717, 1.165) is 24.7 Å². The molecule has 2 aromatic rings. The highest BCUT2D eigenvalue weighted by molar-refractivity contribution is 5.15. The van der Waals surface area contributed by atoms with Crippen LogP contribution in [0.15, 0.2) is 36.5 Å². The molecule has 0 unspecified atom stereocenters. The van der Waals surface area contributed by atoms with Crippen molar-refractivity contribution in [3.63, 3.8) is 0 Å². The number of imidazole rings is 1. The van der Waals surface area contributed by atoms with Crippen molar-refractivity contribution in [1.82, 2.24) is 14.5 Å². The SMILES string of the molecule is CN(C[C@H](O)Cc1ccccc1)C[C@@H]1CCc2nc(C(F)(F)F)cn2C1. The number of benzene rings is 1. The molecular formula is C19H24F3N3O. The van der Waals surface area contributed by atoms with Crippen molar-refractivity contribution < 1.29 is 18.3 Å². The third kappa shape index (κ3) is 4.86. The second kappa shape index (κ2) is 7.80. The summed E-state index contributed by atoms with van der Waals surface area (Å²) in [5, 5.41) is 10.3. The molecule has 1 aliphatic heterocycles. The second-order valence-electron chi connectivity index (χ2n) is 7.16. The number of aliphatic hydroxyl groups excluding tert-OH is 1. The van der Waals surface area contributed by atoms with E-state index in [4.69, 9.17) is 0 Å². The molecule has 1 N–H and O–H groups in total. The van der Waals surface area contributed by atoms with E-state index in [0.29, 0.717) is 31.8 Å². The van der Waals surface area contributed by atoms with Crippen molar-refractivity contribution in [1.29, 1.82) is 0 Å². The summed E-state index contributed by atoms with van der Waals surface area (Å²) in [6.45, 7) is 1.82. The fraction of sp³-hybridized carbons (Fsp3) is 0.526. The Morgan fingerprint density at radius 1 is 1.31 bits per heavy atom. The fourth-order valence-corrected chi connectivity index (χ4v) is 3.63. The van der Waals surface area contributed by atoms with Crippen LogP contribution in [0.5, 0.6) is 0 Å². The lowest BCUT2D eigenvalue weighted by Crippen LogP contribution is -2.36. The lowest BCUT2D eigenvalue weighted by atomic mass is 9.98. The summed E-state index contributed by atoms with van der Waals surface area (Å²) in [7, 11) is 1.94. The van der Waals surface area contributed by atoms with Gasteiger partial charge in [-0.3, -0.25) is 0 Å². The predicted octanol–water partition coefficient (Wildman–Crippen LogP) is 3.00. The zero-order valence-corrected chi connectivity index (χ0v) is 14.8. The van der Waals surface area contributed by atoms with Gasteiger partial charge in [0, 0.05) is 32.3 Å². The van der Waals surface area contributed by atoms with Crippen LogP contribution in [0.3, 0.4) is 0 Å². The van der Waals surface area contributed by atoms with Crippen LogP contribution >= 0.6 is 0 Å². The van der Waals surface area contributed by atoms with Gasteiger partial charge in [0.05, 0.1) is 6.10 Å². The van der Waals surface area contributed by atoms with Gasteiger partial charge in [0.15, 0.2) is 5.69 Å². The largest absolute Gasteiger partial charge is 0.434 e. The van der Waals surface area contributed by atoms with Gasteiger partial charge in [0.2, 0.25) is 0 Å². The molecule has 0 fully saturated rings. The molecular weight excluding hydrogens is 343 g/mol. The molecule has 3 rings (SSSR count). The molecule has 1 aromatic heterocycles. The number of halogens is 3. The topological polar surface area (TPSA) is 41.3 Å². The Morgan fingerprint density at radius 3 is 2.73 bits per heavy atom. The van der Waals surface area contributed by atoms with Crippen molar-refractivity contribution in [3.8, 4) is 0 Å². The lowest BCUT2D eigenvalue weighted by molar-refractivity contribution is -0.141. The van der Waals surface area contributed by atoms with Crippen molar-refractivity contribution in [2.45, 2.75) is 38.1 Å². The van der Waals surface area contributed by atoms with Gasteiger partial charge in [-0.25, -0.2) is 4.98 Å². The van der Waals surface area contributed by atoms with Gasteiger partial charge < -0.3 is 14.6 Å². The molecule has 0 saturated heterocycles. The number of aromatic nitrogens is 2. The first kappa shape index (κ1) is 18.9. The summed E-state index contributed by atoms with van der Waals surface area (Å²) in [5.74, 6) is 0.770. The molecule has 7 heteroatoms. The maximum absolute atomic E-state index is 12.8. The monoisotopic (exact) mass is 367 g/mol. The molecule has 2 atom stereocenters. The zero-order valence-electron chi connectivity index (χ0n) is 14.8. The molecule has 142 valence electrons. The standard InChI is InChI=1S/C19H24F3N3O/c1-24(12-16(26)9-14-5-3-2-4-6-14)10-15-7-8-18-23-17(19(20,21)22)13-25(18)11-15/h2-6,13,15-16,26H,7-12H2,1H3/t15-,16+/m0/s1. The van der Waals surface area contributed by atoms with Crippen LogP contribution in [0.1, 0.15) is 23.5 Å². The minimum atomic E-state index is -4.39. The number of hydrogen-bond acceptors (Lipinski definition) is 3. The van der Waals surface area contributed by atoms with E-state index in [-0.39, 0.29) is 5.92 Å². The van der Waals surface area contributed by atoms with Gasteiger partial charge in [-0.15, -0.1) is 0 Å². The predicted molar refractivity (Wildman–Crippen MR) is 92.7 cm³/mol. The summed E-state index contributed by atoms with van der Waals surface area (Å²) in [5.41, 5.74) is 0.286. The highest BCUT2D eigenvalue weighted by Crippen LogP contribution is 2.30. The molecule has 0 saturated carbocycles. The molecule has 0 radical (unpaired) electrons. The van der Waals surface area contributed by atoms with Crippen LogP contribution in [-0.2, 0) is 25.6 Å². The fourth-order valence-electron chi connectivity index (χ4n) is 3.63. The third-order valence-corrected chi connectivity index (χ3v) is 4.79. The summed E-state index contributed by atoms with van der Waals surface area (Å²) in [6.07, 6.45) is -1.78. The molecule has 0 bridgehead atoms. The average molecular weight is 367 g/mol. The molecule has 1 aliphatic rings.